The highest BCUT2D eigenvalue weighted by atomic mass is 32.2. The third-order valence-electron chi connectivity index (χ3n) is 3.76. The number of allylic oxidation sites excluding steroid dienone is 1. The number of esters is 1. The number of aliphatic carboxylic acids is 1. The Labute approximate surface area is 142 Å². The van der Waals surface area contributed by atoms with Crippen molar-refractivity contribution in [2.45, 2.75) is 23.5 Å². The molecule has 0 aromatic rings. The van der Waals surface area contributed by atoms with E-state index in [2.05, 4.69) is 21.2 Å². The Morgan fingerprint density at radius 2 is 2.26 bits per heavy atom. The van der Waals surface area contributed by atoms with Gasteiger partial charge in [0.1, 0.15) is 5.70 Å². The molecule has 9 heteroatoms. The van der Waals surface area contributed by atoms with Crippen molar-refractivity contribution in [1.29, 1.82) is 0 Å². The van der Waals surface area contributed by atoms with Crippen molar-refractivity contribution < 1.29 is 19.4 Å². The second kappa shape index (κ2) is 6.90. The first kappa shape index (κ1) is 16.3. The van der Waals surface area contributed by atoms with Gasteiger partial charge in [0.2, 0.25) is 0 Å². The first-order chi connectivity index (χ1) is 11.1. The van der Waals surface area contributed by atoms with E-state index in [1.807, 2.05) is 0 Å². The lowest BCUT2D eigenvalue weighted by Gasteiger charge is -2.24. The lowest BCUT2D eigenvalue weighted by atomic mass is 10.1. The number of rotatable bonds is 4. The molecule has 0 aromatic heterocycles. The molecule has 3 rings (SSSR count). The van der Waals surface area contributed by atoms with Crippen LogP contribution in [-0.4, -0.2) is 46.3 Å². The number of methoxy groups -OCH3 is 1. The van der Waals surface area contributed by atoms with Gasteiger partial charge in [-0.1, -0.05) is 0 Å². The zero-order valence-electron chi connectivity index (χ0n) is 12.4. The van der Waals surface area contributed by atoms with Crippen LogP contribution in [0, 0.1) is 0 Å². The number of carboxylic acid groups (broad SMARTS) is 1. The molecule has 3 aliphatic heterocycles. The van der Waals surface area contributed by atoms with E-state index in [-0.39, 0.29) is 10.9 Å². The molecule has 0 radical (unpaired) electrons. The van der Waals surface area contributed by atoms with Crippen molar-refractivity contribution in [3.8, 4) is 0 Å². The van der Waals surface area contributed by atoms with E-state index in [1.165, 1.54) is 30.5 Å². The normalized spacial score (nSPS) is 26.5. The van der Waals surface area contributed by atoms with Gasteiger partial charge in [-0.05, 0) is 11.8 Å². The van der Waals surface area contributed by atoms with Crippen LogP contribution in [-0.2, 0) is 14.3 Å². The molecule has 0 aliphatic carbocycles. The van der Waals surface area contributed by atoms with E-state index in [0.717, 1.165) is 18.7 Å². The smallest absolute Gasteiger partial charge is 0.352 e. The summed E-state index contributed by atoms with van der Waals surface area (Å²) in [7, 11) is 1.32. The SMILES string of the molecule is COC(=O)C1=CNC(C(=O)O)=CSC1CC1=CSC2CCNN12. The van der Waals surface area contributed by atoms with Crippen LogP contribution in [0.4, 0.5) is 0 Å². The van der Waals surface area contributed by atoms with E-state index in [4.69, 9.17) is 9.84 Å². The molecule has 1 fully saturated rings. The van der Waals surface area contributed by atoms with E-state index in [0.29, 0.717) is 17.4 Å². The number of thioether (sulfide) groups is 2. The number of hydrogen-bond donors (Lipinski definition) is 3. The Hall–Kier alpha value is -1.58. The maximum absolute atomic E-state index is 12.0. The van der Waals surface area contributed by atoms with Gasteiger partial charge in [0.05, 0.1) is 18.1 Å². The average Bonchev–Trinajstić information content (AvgIpc) is 3.07. The van der Waals surface area contributed by atoms with Gasteiger partial charge in [0.25, 0.3) is 0 Å². The van der Waals surface area contributed by atoms with E-state index in [1.54, 1.807) is 11.8 Å². The van der Waals surface area contributed by atoms with Crippen molar-refractivity contribution in [3.63, 3.8) is 0 Å². The van der Waals surface area contributed by atoms with E-state index in [9.17, 15) is 9.59 Å². The average molecular weight is 355 g/mol. The Bertz CT molecular complexity index is 617. The summed E-state index contributed by atoms with van der Waals surface area (Å²) in [4.78, 5) is 23.2. The molecule has 0 aromatic carbocycles. The summed E-state index contributed by atoms with van der Waals surface area (Å²) in [5, 5.41) is 17.8. The summed E-state index contributed by atoms with van der Waals surface area (Å²) in [6.45, 7) is 0.942. The van der Waals surface area contributed by atoms with Crippen LogP contribution < -0.4 is 10.7 Å². The van der Waals surface area contributed by atoms with Gasteiger partial charge in [-0.25, -0.2) is 15.0 Å². The lowest BCUT2D eigenvalue weighted by Crippen LogP contribution is -2.33. The molecule has 3 aliphatic rings. The molecule has 7 nitrogen and oxygen atoms in total. The zero-order chi connectivity index (χ0) is 16.4. The topological polar surface area (TPSA) is 90.9 Å². The summed E-state index contributed by atoms with van der Waals surface area (Å²) in [6, 6.07) is 0. The molecule has 124 valence electrons. The number of nitrogens with one attached hydrogen (secondary N) is 2. The largest absolute Gasteiger partial charge is 0.477 e. The second-order valence-electron chi connectivity index (χ2n) is 5.17. The second-order valence-corrected chi connectivity index (χ2v) is 7.30. The molecule has 1 saturated heterocycles. The highest BCUT2D eigenvalue weighted by molar-refractivity contribution is 8.03. The maximum Gasteiger partial charge on any atom is 0.352 e. The van der Waals surface area contributed by atoms with Crippen molar-refractivity contribution >= 4 is 35.5 Å². The third kappa shape index (κ3) is 3.36. The lowest BCUT2D eigenvalue weighted by molar-refractivity contribution is -0.136. The minimum Gasteiger partial charge on any atom is -0.477 e. The van der Waals surface area contributed by atoms with Crippen LogP contribution >= 0.6 is 23.5 Å². The molecule has 0 saturated carbocycles. The first-order valence-corrected chi connectivity index (χ1v) is 9.00. The summed E-state index contributed by atoms with van der Waals surface area (Å²) in [5.41, 5.74) is 4.92. The van der Waals surface area contributed by atoms with E-state index >= 15 is 0 Å². The van der Waals surface area contributed by atoms with Crippen molar-refractivity contribution in [2.75, 3.05) is 13.7 Å². The van der Waals surface area contributed by atoms with Crippen LogP contribution in [0.3, 0.4) is 0 Å². The number of carbonyl (C=O) groups excluding carboxylic acids is 1. The fourth-order valence-electron chi connectivity index (χ4n) is 2.59. The summed E-state index contributed by atoms with van der Waals surface area (Å²) >= 11 is 3.08. The van der Waals surface area contributed by atoms with Crippen molar-refractivity contribution in [1.82, 2.24) is 15.8 Å². The molecule has 0 bridgehead atoms. The van der Waals surface area contributed by atoms with Crippen LogP contribution in [0.15, 0.2) is 34.0 Å². The third-order valence-corrected chi connectivity index (χ3v) is 6.05. The van der Waals surface area contributed by atoms with Gasteiger partial charge < -0.3 is 15.2 Å². The number of fused-ring (bicyclic) bond motifs is 1. The summed E-state index contributed by atoms with van der Waals surface area (Å²) in [5.74, 6) is -1.51. The highest BCUT2D eigenvalue weighted by Crippen LogP contribution is 2.39. The molecule has 0 spiro atoms. The van der Waals surface area contributed by atoms with Crippen LogP contribution in [0.5, 0.6) is 0 Å². The van der Waals surface area contributed by atoms with Crippen LogP contribution in [0.25, 0.3) is 0 Å². The molecular weight excluding hydrogens is 338 g/mol. The Kier molecular flexibility index (Phi) is 4.88. The molecule has 0 amide bonds. The van der Waals surface area contributed by atoms with Gasteiger partial charge in [0, 0.05) is 35.5 Å². The number of nitrogens with zero attached hydrogens (tertiary/aromatic N) is 1. The zero-order valence-corrected chi connectivity index (χ0v) is 14.1. The first-order valence-electron chi connectivity index (χ1n) is 7.11. The Morgan fingerprint density at radius 3 is 3.00 bits per heavy atom. The van der Waals surface area contributed by atoms with Crippen molar-refractivity contribution in [2.24, 2.45) is 0 Å². The van der Waals surface area contributed by atoms with Crippen LogP contribution in [0.1, 0.15) is 12.8 Å². The van der Waals surface area contributed by atoms with Gasteiger partial charge in [-0.15, -0.1) is 23.5 Å². The summed E-state index contributed by atoms with van der Waals surface area (Å²) < 4.78 is 4.84. The standard InChI is InChI=1S/C14H17N3O4S2/c1-21-14(20)9-5-15-10(13(18)19)7-22-11(9)4-8-6-23-12-2-3-16-17(8)12/h5-7,11-12,15-16H,2-4H2,1H3,(H,18,19). The highest BCUT2D eigenvalue weighted by Gasteiger charge is 2.34. The number of carbonyl (C=O) groups is 2. The molecule has 2 unspecified atom stereocenters. The van der Waals surface area contributed by atoms with Crippen molar-refractivity contribution in [3.05, 3.63) is 34.0 Å². The van der Waals surface area contributed by atoms with Gasteiger partial charge >= 0.3 is 11.9 Å². The summed E-state index contributed by atoms with van der Waals surface area (Å²) in [6.07, 6.45) is 3.13. The predicted molar refractivity (Wildman–Crippen MR) is 88.9 cm³/mol. The Balaban J connectivity index is 1.79. The minimum atomic E-state index is -1.06. The number of ether oxygens (including phenoxy) is 1. The van der Waals surface area contributed by atoms with Crippen LogP contribution in [0.2, 0.25) is 0 Å². The Morgan fingerprint density at radius 1 is 1.43 bits per heavy atom. The number of hydrogen-bond acceptors (Lipinski definition) is 8. The van der Waals surface area contributed by atoms with Gasteiger partial charge in [-0.3, -0.25) is 5.01 Å². The fraction of sp³-hybridized carbons (Fsp3) is 0.429. The van der Waals surface area contributed by atoms with Gasteiger partial charge in [-0.2, -0.15) is 0 Å². The fourth-order valence-corrected chi connectivity index (χ4v) is 4.75. The minimum absolute atomic E-state index is 0.0471. The quantitative estimate of drug-likeness (QED) is 0.643. The molecule has 23 heavy (non-hydrogen) atoms. The molecule has 2 atom stereocenters. The van der Waals surface area contributed by atoms with Gasteiger partial charge in [0.15, 0.2) is 0 Å². The van der Waals surface area contributed by atoms with E-state index < -0.39 is 11.9 Å². The number of hydrazine groups is 1. The predicted octanol–water partition coefficient (Wildman–Crippen LogP) is 1.19. The monoisotopic (exact) mass is 355 g/mol. The number of carboxylic acids is 1. The maximum atomic E-state index is 12.0. The molecule has 3 N–H and O–H groups in total. The molecule has 3 heterocycles. The molecular formula is C14H17N3O4S2.